The third kappa shape index (κ3) is 3.43. The summed E-state index contributed by atoms with van der Waals surface area (Å²) in [7, 11) is 0. The van der Waals surface area contributed by atoms with E-state index in [1.807, 2.05) is 24.0 Å². The molecule has 2 heterocycles. The fourth-order valence-corrected chi connectivity index (χ4v) is 4.07. The summed E-state index contributed by atoms with van der Waals surface area (Å²) in [6.45, 7) is 5.36. The summed E-state index contributed by atoms with van der Waals surface area (Å²) in [6.07, 6.45) is 1.97. The van der Waals surface area contributed by atoms with Gasteiger partial charge in [0.15, 0.2) is 0 Å². The van der Waals surface area contributed by atoms with E-state index in [2.05, 4.69) is 6.92 Å². The van der Waals surface area contributed by atoms with Gasteiger partial charge in [0.2, 0.25) is 0 Å². The molecule has 0 N–H and O–H groups in total. The van der Waals surface area contributed by atoms with Gasteiger partial charge in [0.05, 0.1) is 11.3 Å². The molecule has 0 spiro atoms. The molecule has 0 radical (unpaired) electrons. The lowest BCUT2D eigenvalue weighted by molar-refractivity contribution is -0.120. The molecule has 2 aliphatic heterocycles. The number of likely N-dealkylation sites (tertiary alicyclic amines) is 1. The number of imide groups is 1. The summed E-state index contributed by atoms with van der Waals surface area (Å²) in [6, 6.07) is 10.2. The second-order valence-electron chi connectivity index (χ2n) is 7.82. The molecule has 2 amide bonds. The number of carbonyl (C=O) groups excluding carboxylic acids is 2. The predicted octanol–water partition coefficient (Wildman–Crippen LogP) is 4.29. The third-order valence-corrected chi connectivity index (χ3v) is 5.52. The molecular formula is C23H22F2N2O2. The Morgan fingerprint density at radius 1 is 1.00 bits per heavy atom. The van der Waals surface area contributed by atoms with E-state index in [1.54, 1.807) is 12.1 Å². The van der Waals surface area contributed by atoms with Crippen LogP contribution in [0.25, 0.3) is 5.57 Å². The molecule has 4 nitrogen and oxygen atoms in total. The monoisotopic (exact) mass is 396 g/mol. The first kappa shape index (κ1) is 19.3. The van der Waals surface area contributed by atoms with E-state index >= 15 is 0 Å². The van der Waals surface area contributed by atoms with Gasteiger partial charge >= 0.3 is 0 Å². The largest absolute Gasteiger partial charge is 0.366 e. The molecule has 1 unspecified atom stereocenters. The Kier molecular flexibility index (Phi) is 4.94. The summed E-state index contributed by atoms with van der Waals surface area (Å²) in [5, 5.41) is 0. The normalized spacial score (nSPS) is 20.1. The van der Waals surface area contributed by atoms with Gasteiger partial charge < -0.3 is 4.90 Å². The SMILES string of the molecule is Cc1ccc(C2=C(N3CCCC(C)C3)C(=O)N(c3ccc(F)cc3F)C2=O)cc1. The van der Waals surface area contributed by atoms with Crippen molar-refractivity contribution in [3.8, 4) is 0 Å². The van der Waals surface area contributed by atoms with Crippen molar-refractivity contribution in [1.82, 2.24) is 4.90 Å². The van der Waals surface area contributed by atoms with Gasteiger partial charge in [-0.2, -0.15) is 0 Å². The average molecular weight is 396 g/mol. The van der Waals surface area contributed by atoms with E-state index in [-0.39, 0.29) is 11.3 Å². The molecule has 1 fully saturated rings. The summed E-state index contributed by atoms with van der Waals surface area (Å²) < 4.78 is 27.8. The zero-order chi connectivity index (χ0) is 20.7. The predicted molar refractivity (Wildman–Crippen MR) is 107 cm³/mol. The highest BCUT2D eigenvalue weighted by Crippen LogP contribution is 2.37. The van der Waals surface area contributed by atoms with E-state index in [9.17, 15) is 18.4 Å². The summed E-state index contributed by atoms with van der Waals surface area (Å²) in [5.41, 5.74) is 1.99. The lowest BCUT2D eigenvalue weighted by Crippen LogP contribution is -2.39. The van der Waals surface area contributed by atoms with Gasteiger partial charge in [-0.1, -0.05) is 36.8 Å². The minimum atomic E-state index is -0.941. The van der Waals surface area contributed by atoms with Crippen LogP contribution < -0.4 is 4.90 Å². The highest BCUT2D eigenvalue weighted by molar-refractivity contribution is 6.45. The van der Waals surface area contributed by atoms with Gasteiger partial charge in [-0.25, -0.2) is 13.7 Å². The molecule has 0 aliphatic carbocycles. The van der Waals surface area contributed by atoms with Crippen LogP contribution in [-0.2, 0) is 9.59 Å². The molecule has 4 rings (SSSR count). The molecule has 6 heteroatoms. The van der Waals surface area contributed by atoms with Crippen LogP contribution >= 0.6 is 0 Å². The molecule has 0 saturated carbocycles. The molecular weight excluding hydrogens is 374 g/mol. The maximum Gasteiger partial charge on any atom is 0.282 e. The second-order valence-corrected chi connectivity index (χ2v) is 7.82. The lowest BCUT2D eigenvalue weighted by Gasteiger charge is -2.33. The Morgan fingerprint density at radius 3 is 2.38 bits per heavy atom. The van der Waals surface area contributed by atoms with Crippen LogP contribution in [0.1, 0.15) is 30.9 Å². The Labute approximate surface area is 168 Å². The van der Waals surface area contributed by atoms with Crippen LogP contribution in [0.2, 0.25) is 0 Å². The fraction of sp³-hybridized carbons (Fsp3) is 0.304. The fourth-order valence-electron chi connectivity index (χ4n) is 4.07. The van der Waals surface area contributed by atoms with E-state index in [4.69, 9.17) is 0 Å². The third-order valence-electron chi connectivity index (χ3n) is 5.52. The molecule has 150 valence electrons. The number of halogens is 2. The van der Waals surface area contributed by atoms with Gasteiger partial charge in [-0.3, -0.25) is 9.59 Å². The van der Waals surface area contributed by atoms with Crippen molar-refractivity contribution in [2.24, 2.45) is 5.92 Å². The summed E-state index contributed by atoms with van der Waals surface area (Å²) >= 11 is 0. The van der Waals surface area contributed by atoms with E-state index in [1.165, 1.54) is 0 Å². The zero-order valence-corrected chi connectivity index (χ0v) is 16.4. The summed E-state index contributed by atoms with van der Waals surface area (Å²) in [4.78, 5) is 29.5. The first-order valence-corrected chi connectivity index (χ1v) is 9.77. The molecule has 0 bridgehead atoms. The maximum absolute atomic E-state index is 14.4. The molecule has 2 aliphatic rings. The molecule has 0 aromatic heterocycles. The lowest BCUT2D eigenvalue weighted by atomic mass is 9.97. The number of carbonyl (C=O) groups is 2. The van der Waals surface area contributed by atoms with E-state index < -0.39 is 23.4 Å². The van der Waals surface area contributed by atoms with Crippen molar-refractivity contribution in [3.63, 3.8) is 0 Å². The van der Waals surface area contributed by atoms with Crippen molar-refractivity contribution < 1.29 is 18.4 Å². The standard InChI is InChI=1S/C23H22F2N2O2/c1-14-5-7-16(8-6-14)20-21(26-11-3-4-15(2)13-26)23(29)27(22(20)28)19-10-9-17(24)12-18(19)25/h5-10,12,15H,3-4,11,13H2,1-2H3. The van der Waals surface area contributed by atoms with Crippen LogP contribution in [0.15, 0.2) is 48.2 Å². The van der Waals surface area contributed by atoms with Crippen LogP contribution in [0.5, 0.6) is 0 Å². The van der Waals surface area contributed by atoms with Crippen LogP contribution in [0.3, 0.4) is 0 Å². The molecule has 29 heavy (non-hydrogen) atoms. The van der Waals surface area contributed by atoms with Crippen LogP contribution in [0.4, 0.5) is 14.5 Å². The van der Waals surface area contributed by atoms with Crippen molar-refractivity contribution in [1.29, 1.82) is 0 Å². The number of piperidine rings is 1. The van der Waals surface area contributed by atoms with E-state index in [0.717, 1.165) is 35.4 Å². The minimum absolute atomic E-state index is 0.230. The van der Waals surface area contributed by atoms with Crippen molar-refractivity contribution in [3.05, 3.63) is 70.9 Å². The topological polar surface area (TPSA) is 40.6 Å². The maximum atomic E-state index is 14.4. The molecule has 2 aromatic rings. The van der Waals surface area contributed by atoms with Gasteiger partial charge in [-0.15, -0.1) is 0 Å². The van der Waals surface area contributed by atoms with Gasteiger partial charge in [-0.05, 0) is 43.4 Å². The Bertz CT molecular complexity index is 1010. The number of rotatable bonds is 3. The van der Waals surface area contributed by atoms with Gasteiger partial charge in [0, 0.05) is 19.2 Å². The number of benzene rings is 2. The number of hydrogen-bond donors (Lipinski definition) is 0. The quantitative estimate of drug-likeness (QED) is 0.727. The highest BCUT2D eigenvalue weighted by atomic mass is 19.1. The van der Waals surface area contributed by atoms with Crippen molar-refractivity contribution >= 4 is 23.1 Å². The van der Waals surface area contributed by atoms with Gasteiger partial charge in [0.25, 0.3) is 11.8 Å². The van der Waals surface area contributed by atoms with Gasteiger partial charge in [0.1, 0.15) is 17.3 Å². The zero-order valence-electron chi connectivity index (χ0n) is 16.4. The molecule has 1 saturated heterocycles. The first-order chi connectivity index (χ1) is 13.9. The van der Waals surface area contributed by atoms with E-state index in [0.29, 0.717) is 36.3 Å². The number of aryl methyl sites for hydroxylation is 1. The Hall–Kier alpha value is -3.02. The first-order valence-electron chi connectivity index (χ1n) is 9.77. The number of anilines is 1. The minimum Gasteiger partial charge on any atom is -0.366 e. The van der Waals surface area contributed by atoms with Crippen molar-refractivity contribution in [2.75, 3.05) is 18.0 Å². The average Bonchev–Trinajstić information content (AvgIpc) is 2.93. The van der Waals surface area contributed by atoms with Crippen molar-refractivity contribution in [2.45, 2.75) is 26.7 Å². The van der Waals surface area contributed by atoms with Crippen LogP contribution in [-0.4, -0.2) is 29.8 Å². The Balaban J connectivity index is 1.84. The number of nitrogens with zero attached hydrogens (tertiary/aromatic N) is 2. The molecule has 1 atom stereocenters. The number of hydrogen-bond acceptors (Lipinski definition) is 3. The highest BCUT2D eigenvalue weighted by Gasteiger charge is 2.44. The van der Waals surface area contributed by atoms with Crippen LogP contribution in [0, 0.1) is 24.5 Å². The Morgan fingerprint density at radius 2 is 1.72 bits per heavy atom. The smallest absolute Gasteiger partial charge is 0.282 e. The molecule has 2 aromatic carbocycles. The summed E-state index contributed by atoms with van der Waals surface area (Å²) in [5.74, 6) is -2.47. The number of amides is 2. The second kappa shape index (κ2) is 7.43.